The van der Waals surface area contributed by atoms with Gasteiger partial charge in [-0.15, -0.1) is 18.9 Å². The van der Waals surface area contributed by atoms with Gasteiger partial charge in [-0.1, -0.05) is 6.08 Å². The van der Waals surface area contributed by atoms with Crippen molar-refractivity contribution < 1.29 is 4.79 Å². The summed E-state index contributed by atoms with van der Waals surface area (Å²) in [6.07, 6.45) is 11.4. The Bertz CT molecular complexity index is 711. The van der Waals surface area contributed by atoms with Crippen LogP contribution in [-0.2, 0) is 6.54 Å². The highest BCUT2D eigenvalue weighted by Crippen LogP contribution is 2.22. The maximum absolute atomic E-state index is 12.0. The van der Waals surface area contributed by atoms with Crippen LogP contribution in [0.5, 0.6) is 0 Å². The van der Waals surface area contributed by atoms with Crippen molar-refractivity contribution in [3.63, 3.8) is 0 Å². The van der Waals surface area contributed by atoms with Crippen LogP contribution < -0.4 is 11.1 Å². The number of carbonyl (C=O) groups is 1. The Balaban J connectivity index is 2.29. The number of carbonyl (C=O) groups excluding carboxylic acids is 1. The van der Waals surface area contributed by atoms with Crippen molar-refractivity contribution in [2.75, 3.05) is 12.3 Å². The van der Waals surface area contributed by atoms with E-state index in [2.05, 4.69) is 27.9 Å². The lowest BCUT2D eigenvalue weighted by Crippen LogP contribution is -2.24. The molecular formula is C15H17N5O. The number of aromatic nitrogens is 3. The number of nitrogens with one attached hydrogen (secondary N) is 1. The second kappa shape index (κ2) is 6.57. The molecular weight excluding hydrogens is 266 g/mol. The van der Waals surface area contributed by atoms with Gasteiger partial charge < -0.3 is 11.1 Å². The van der Waals surface area contributed by atoms with Gasteiger partial charge in [-0.25, -0.2) is 9.67 Å². The molecule has 2 aromatic heterocycles. The number of terminal acetylenes is 1. The quantitative estimate of drug-likeness (QED) is 0.476. The molecule has 0 aliphatic heterocycles. The Labute approximate surface area is 123 Å². The van der Waals surface area contributed by atoms with Crippen LogP contribution in [0.15, 0.2) is 25.0 Å². The van der Waals surface area contributed by atoms with Gasteiger partial charge in [0.2, 0.25) is 0 Å². The van der Waals surface area contributed by atoms with Crippen molar-refractivity contribution >= 4 is 22.6 Å². The van der Waals surface area contributed by atoms with Crippen LogP contribution in [0.1, 0.15) is 23.2 Å². The van der Waals surface area contributed by atoms with Crippen LogP contribution in [0.3, 0.4) is 0 Å². The number of unbranched alkanes of at least 4 members (excludes halogenated alkanes) is 1. The average Bonchev–Trinajstić information content (AvgIpc) is 2.90. The zero-order valence-electron chi connectivity index (χ0n) is 11.7. The Morgan fingerprint density at radius 1 is 1.57 bits per heavy atom. The van der Waals surface area contributed by atoms with E-state index in [4.69, 9.17) is 12.2 Å². The third-order valence-electron chi connectivity index (χ3n) is 3.05. The molecule has 0 fully saturated rings. The molecule has 0 aliphatic rings. The van der Waals surface area contributed by atoms with Gasteiger partial charge in [-0.3, -0.25) is 4.79 Å². The molecule has 6 heteroatoms. The third-order valence-corrected chi connectivity index (χ3v) is 3.05. The van der Waals surface area contributed by atoms with E-state index in [0.29, 0.717) is 41.8 Å². The molecule has 0 aromatic carbocycles. The van der Waals surface area contributed by atoms with E-state index < -0.39 is 0 Å². The van der Waals surface area contributed by atoms with Crippen LogP contribution in [0, 0.1) is 12.3 Å². The molecule has 2 heterocycles. The van der Waals surface area contributed by atoms with E-state index in [1.165, 1.54) is 6.20 Å². The third kappa shape index (κ3) is 3.03. The van der Waals surface area contributed by atoms with Gasteiger partial charge in [0.1, 0.15) is 0 Å². The number of nitrogen functional groups attached to an aromatic ring is 1. The predicted octanol–water partition coefficient (Wildman–Crippen LogP) is 1.34. The minimum atomic E-state index is -0.276. The first-order chi connectivity index (χ1) is 10.2. The molecule has 0 atom stereocenters. The lowest BCUT2D eigenvalue weighted by atomic mass is 10.2. The topological polar surface area (TPSA) is 85.8 Å². The molecule has 108 valence electrons. The number of hydrogen-bond donors (Lipinski definition) is 2. The smallest absolute Gasteiger partial charge is 0.255 e. The monoisotopic (exact) mass is 283 g/mol. The van der Waals surface area contributed by atoms with Gasteiger partial charge in [0.15, 0.2) is 5.65 Å². The molecule has 0 unspecified atom stereocenters. The minimum Gasteiger partial charge on any atom is -0.397 e. The first kappa shape index (κ1) is 14.6. The summed E-state index contributed by atoms with van der Waals surface area (Å²) < 4.78 is 1.74. The van der Waals surface area contributed by atoms with E-state index >= 15 is 0 Å². The second-order valence-corrected chi connectivity index (χ2v) is 4.50. The maximum atomic E-state index is 12.0. The molecule has 6 nitrogen and oxygen atoms in total. The van der Waals surface area contributed by atoms with Crippen molar-refractivity contribution in [1.29, 1.82) is 0 Å². The van der Waals surface area contributed by atoms with Gasteiger partial charge in [0.25, 0.3) is 5.91 Å². The summed E-state index contributed by atoms with van der Waals surface area (Å²) in [6.45, 7) is 4.59. The molecule has 21 heavy (non-hydrogen) atoms. The van der Waals surface area contributed by atoms with Gasteiger partial charge in [-0.2, -0.15) is 5.10 Å². The molecule has 2 rings (SSSR count). The van der Waals surface area contributed by atoms with E-state index in [1.807, 2.05) is 0 Å². The highest BCUT2D eigenvalue weighted by Gasteiger charge is 2.15. The number of aryl methyl sites for hydroxylation is 1. The average molecular weight is 283 g/mol. The molecule has 3 N–H and O–H groups in total. The number of pyridine rings is 1. The number of fused-ring (bicyclic) bond motifs is 1. The lowest BCUT2D eigenvalue weighted by molar-refractivity contribution is 0.0958. The zero-order valence-corrected chi connectivity index (χ0v) is 11.7. The standard InChI is InChI=1S/C15H17N5O/c1-3-5-6-8-20-14-11(10-19-20)13(16)12(9-18-14)15(21)17-7-4-2/h1,4,9-10H,2,5-8H2,(H2,16,18)(H,17,21). The van der Waals surface area contributed by atoms with Crippen LogP contribution in [-0.4, -0.2) is 27.2 Å². The van der Waals surface area contributed by atoms with Crippen molar-refractivity contribution in [2.45, 2.75) is 19.4 Å². The summed E-state index contributed by atoms with van der Waals surface area (Å²) in [5.41, 5.74) is 7.42. The summed E-state index contributed by atoms with van der Waals surface area (Å²) in [5.74, 6) is 2.31. The fraction of sp³-hybridized carbons (Fsp3) is 0.267. The van der Waals surface area contributed by atoms with Gasteiger partial charge in [0.05, 0.1) is 22.8 Å². The molecule has 0 radical (unpaired) electrons. The summed E-state index contributed by atoms with van der Waals surface area (Å²) >= 11 is 0. The van der Waals surface area contributed by atoms with Crippen molar-refractivity contribution in [3.8, 4) is 12.3 Å². The van der Waals surface area contributed by atoms with Crippen molar-refractivity contribution in [3.05, 3.63) is 30.6 Å². The van der Waals surface area contributed by atoms with Crippen LogP contribution >= 0.6 is 0 Å². The number of hydrogen-bond acceptors (Lipinski definition) is 4. The molecule has 0 saturated carbocycles. The lowest BCUT2D eigenvalue weighted by Gasteiger charge is -2.07. The Hall–Kier alpha value is -2.81. The minimum absolute atomic E-state index is 0.276. The molecule has 1 amide bonds. The van der Waals surface area contributed by atoms with Crippen LogP contribution in [0.2, 0.25) is 0 Å². The van der Waals surface area contributed by atoms with E-state index in [9.17, 15) is 4.79 Å². The Morgan fingerprint density at radius 3 is 3.10 bits per heavy atom. The van der Waals surface area contributed by atoms with Gasteiger partial charge >= 0.3 is 0 Å². The Morgan fingerprint density at radius 2 is 2.38 bits per heavy atom. The summed E-state index contributed by atoms with van der Waals surface area (Å²) in [5, 5.41) is 7.59. The fourth-order valence-electron chi connectivity index (χ4n) is 1.98. The predicted molar refractivity (Wildman–Crippen MR) is 82.5 cm³/mol. The summed E-state index contributed by atoms with van der Waals surface area (Å²) in [7, 11) is 0. The normalized spacial score (nSPS) is 10.2. The SMILES string of the molecule is C#CCCCn1ncc2c(N)c(C(=O)NCC=C)cnc21. The maximum Gasteiger partial charge on any atom is 0.255 e. The highest BCUT2D eigenvalue weighted by atomic mass is 16.1. The van der Waals surface area contributed by atoms with E-state index in [0.717, 1.165) is 6.42 Å². The number of rotatable bonds is 6. The summed E-state index contributed by atoms with van der Waals surface area (Å²) in [6, 6.07) is 0. The number of nitrogens with zero attached hydrogens (tertiary/aromatic N) is 3. The van der Waals surface area contributed by atoms with E-state index in [-0.39, 0.29) is 5.91 Å². The first-order valence-corrected chi connectivity index (χ1v) is 6.61. The molecule has 0 saturated heterocycles. The zero-order chi connectivity index (χ0) is 15.2. The van der Waals surface area contributed by atoms with Crippen LogP contribution in [0.4, 0.5) is 5.69 Å². The van der Waals surface area contributed by atoms with E-state index in [1.54, 1.807) is 17.0 Å². The first-order valence-electron chi connectivity index (χ1n) is 6.61. The number of amides is 1. The molecule has 2 aromatic rings. The van der Waals surface area contributed by atoms with Gasteiger partial charge in [0, 0.05) is 25.7 Å². The van der Waals surface area contributed by atoms with Gasteiger partial charge in [-0.05, 0) is 6.42 Å². The van der Waals surface area contributed by atoms with Crippen molar-refractivity contribution in [1.82, 2.24) is 20.1 Å². The van der Waals surface area contributed by atoms with Crippen LogP contribution in [0.25, 0.3) is 11.0 Å². The largest absolute Gasteiger partial charge is 0.397 e. The molecule has 0 spiro atoms. The Kier molecular flexibility index (Phi) is 4.57. The summed E-state index contributed by atoms with van der Waals surface area (Å²) in [4.78, 5) is 16.2. The number of anilines is 1. The second-order valence-electron chi connectivity index (χ2n) is 4.50. The molecule has 0 bridgehead atoms. The highest BCUT2D eigenvalue weighted by molar-refractivity contribution is 6.05. The molecule has 0 aliphatic carbocycles. The number of nitrogens with two attached hydrogens (primary N) is 1. The van der Waals surface area contributed by atoms with Crippen molar-refractivity contribution in [2.24, 2.45) is 0 Å². The fourth-order valence-corrected chi connectivity index (χ4v) is 1.98.